The van der Waals surface area contributed by atoms with E-state index < -0.39 is 6.23 Å². The maximum absolute atomic E-state index is 11.5. The van der Waals surface area contributed by atoms with E-state index in [1.807, 2.05) is 0 Å². The number of rotatable bonds is 6. The Morgan fingerprint density at radius 3 is 2.58 bits per heavy atom. The van der Waals surface area contributed by atoms with Crippen LogP contribution in [0.15, 0.2) is 12.2 Å². The van der Waals surface area contributed by atoms with E-state index in [1.54, 1.807) is 6.92 Å². The van der Waals surface area contributed by atoms with Gasteiger partial charge in [-0.25, -0.2) is 0 Å². The lowest BCUT2D eigenvalue weighted by molar-refractivity contribution is -0.144. The lowest BCUT2D eigenvalue weighted by Crippen LogP contribution is -2.28. The van der Waals surface area contributed by atoms with Crippen molar-refractivity contribution in [1.82, 2.24) is 5.32 Å². The van der Waals surface area contributed by atoms with E-state index in [9.17, 15) is 4.79 Å². The summed E-state index contributed by atoms with van der Waals surface area (Å²) in [5.74, 6) is 1.97. The Kier molecular flexibility index (Phi) is 5.40. The summed E-state index contributed by atoms with van der Waals surface area (Å²) >= 11 is 0. The van der Waals surface area contributed by atoms with Crippen LogP contribution in [0.5, 0.6) is 0 Å². The maximum Gasteiger partial charge on any atom is 0.307 e. The molecule has 3 atom stereocenters. The highest BCUT2D eigenvalue weighted by molar-refractivity contribution is 5.69. The smallest absolute Gasteiger partial charge is 0.307 e. The molecule has 0 spiro atoms. The minimum absolute atomic E-state index is 0.162. The molecule has 2 rings (SSSR count). The van der Waals surface area contributed by atoms with E-state index in [1.165, 1.54) is 25.7 Å². The van der Waals surface area contributed by atoms with Crippen molar-refractivity contribution in [2.75, 3.05) is 13.2 Å². The summed E-state index contributed by atoms with van der Waals surface area (Å²) in [5, 5.41) is 11.8. The van der Waals surface area contributed by atoms with Crippen LogP contribution in [0.25, 0.3) is 0 Å². The standard InChI is InChI=1S/C15H25NO3/c1-11(17)16-9-8-15(18)19-10-14-12-6-4-2-3-5-7-13(12)14/h2-3,11-14,16-17H,4-10H2,1H3. The second kappa shape index (κ2) is 7.06. The Hall–Kier alpha value is -0.870. The van der Waals surface area contributed by atoms with Crippen molar-refractivity contribution in [3.8, 4) is 0 Å². The van der Waals surface area contributed by atoms with E-state index >= 15 is 0 Å². The van der Waals surface area contributed by atoms with Crippen LogP contribution in [-0.4, -0.2) is 30.5 Å². The third-order valence-corrected chi connectivity index (χ3v) is 4.21. The number of hydrogen-bond acceptors (Lipinski definition) is 4. The number of allylic oxidation sites excluding steroid dienone is 2. The normalized spacial score (nSPS) is 30.9. The molecule has 3 unspecified atom stereocenters. The van der Waals surface area contributed by atoms with E-state index in [4.69, 9.17) is 9.84 Å². The molecular weight excluding hydrogens is 242 g/mol. The highest BCUT2D eigenvalue weighted by Gasteiger charge is 2.49. The molecule has 19 heavy (non-hydrogen) atoms. The number of carbonyl (C=O) groups is 1. The Balaban J connectivity index is 1.60. The summed E-state index contributed by atoms with van der Waals surface area (Å²) in [6, 6.07) is 0. The second-order valence-electron chi connectivity index (χ2n) is 5.68. The number of ether oxygens (including phenoxy) is 1. The molecule has 0 amide bonds. The van der Waals surface area contributed by atoms with Gasteiger partial charge in [0.2, 0.25) is 0 Å². The SMILES string of the molecule is CC(O)NCCC(=O)OCC1C2CCC=CCCC21. The van der Waals surface area contributed by atoms with Crippen molar-refractivity contribution in [1.29, 1.82) is 0 Å². The first-order valence-electron chi connectivity index (χ1n) is 7.40. The first-order valence-corrected chi connectivity index (χ1v) is 7.40. The molecule has 2 aliphatic carbocycles. The summed E-state index contributed by atoms with van der Waals surface area (Å²) in [4.78, 5) is 11.5. The van der Waals surface area contributed by atoms with Gasteiger partial charge in [-0.05, 0) is 50.4 Å². The number of aliphatic hydroxyl groups excluding tert-OH is 1. The Morgan fingerprint density at radius 1 is 1.37 bits per heavy atom. The Labute approximate surface area is 115 Å². The molecule has 2 aliphatic rings. The molecule has 2 N–H and O–H groups in total. The molecule has 108 valence electrons. The van der Waals surface area contributed by atoms with Crippen molar-refractivity contribution >= 4 is 5.97 Å². The van der Waals surface area contributed by atoms with Gasteiger partial charge in [0.25, 0.3) is 0 Å². The van der Waals surface area contributed by atoms with E-state index in [2.05, 4.69) is 17.5 Å². The fourth-order valence-electron chi connectivity index (χ4n) is 3.09. The molecular formula is C15H25NO3. The van der Waals surface area contributed by atoms with Gasteiger partial charge < -0.3 is 9.84 Å². The van der Waals surface area contributed by atoms with Gasteiger partial charge in [0.15, 0.2) is 0 Å². The number of aliphatic hydroxyl groups is 1. The van der Waals surface area contributed by atoms with Crippen LogP contribution in [0.1, 0.15) is 39.0 Å². The monoisotopic (exact) mass is 267 g/mol. The number of nitrogens with one attached hydrogen (secondary N) is 1. The summed E-state index contributed by atoms with van der Waals surface area (Å²) in [6.07, 6.45) is 9.14. The van der Waals surface area contributed by atoms with Crippen molar-refractivity contribution in [3.63, 3.8) is 0 Å². The average molecular weight is 267 g/mol. The fraction of sp³-hybridized carbons (Fsp3) is 0.800. The van der Waals surface area contributed by atoms with Crippen LogP contribution in [0, 0.1) is 17.8 Å². The highest BCUT2D eigenvalue weighted by Crippen LogP contribution is 2.52. The van der Waals surface area contributed by atoms with Crippen molar-refractivity contribution in [2.45, 2.75) is 45.3 Å². The van der Waals surface area contributed by atoms with E-state index in [0.717, 1.165) is 11.8 Å². The quantitative estimate of drug-likeness (QED) is 0.438. The number of carbonyl (C=O) groups excluding carboxylic acids is 1. The molecule has 4 heteroatoms. The van der Waals surface area contributed by atoms with Crippen molar-refractivity contribution in [2.24, 2.45) is 17.8 Å². The van der Waals surface area contributed by atoms with Crippen LogP contribution >= 0.6 is 0 Å². The van der Waals surface area contributed by atoms with Gasteiger partial charge in [-0.2, -0.15) is 0 Å². The van der Waals surface area contributed by atoms with Gasteiger partial charge in [0.1, 0.15) is 6.23 Å². The van der Waals surface area contributed by atoms with Crippen LogP contribution < -0.4 is 5.32 Å². The molecule has 0 heterocycles. The Bertz CT molecular complexity index is 311. The Morgan fingerprint density at radius 2 is 2.00 bits per heavy atom. The lowest BCUT2D eigenvalue weighted by atomic mass is 10.1. The number of esters is 1. The van der Waals surface area contributed by atoms with Crippen LogP contribution in [0.4, 0.5) is 0 Å². The zero-order chi connectivity index (χ0) is 13.7. The first kappa shape index (κ1) is 14.5. The number of hydrogen-bond donors (Lipinski definition) is 2. The molecule has 0 saturated heterocycles. The van der Waals surface area contributed by atoms with Crippen molar-refractivity contribution < 1.29 is 14.6 Å². The maximum atomic E-state index is 11.5. The van der Waals surface area contributed by atoms with Gasteiger partial charge in [-0.15, -0.1) is 0 Å². The summed E-state index contributed by atoms with van der Waals surface area (Å²) in [5.41, 5.74) is 0. The highest BCUT2D eigenvalue weighted by atomic mass is 16.5. The topological polar surface area (TPSA) is 58.6 Å². The van der Waals surface area contributed by atoms with Crippen molar-refractivity contribution in [3.05, 3.63) is 12.2 Å². The predicted octanol–water partition coefficient (Wildman–Crippen LogP) is 1.84. The lowest BCUT2D eigenvalue weighted by Gasteiger charge is -2.07. The predicted molar refractivity (Wildman–Crippen MR) is 73.3 cm³/mol. The zero-order valence-corrected chi connectivity index (χ0v) is 11.7. The summed E-state index contributed by atoms with van der Waals surface area (Å²) < 4.78 is 5.34. The van der Waals surface area contributed by atoms with Crippen LogP contribution in [0.3, 0.4) is 0 Å². The van der Waals surface area contributed by atoms with Crippen LogP contribution in [-0.2, 0) is 9.53 Å². The molecule has 0 aromatic heterocycles. The molecule has 4 nitrogen and oxygen atoms in total. The molecule has 1 fully saturated rings. The van der Waals surface area contributed by atoms with Gasteiger partial charge in [0, 0.05) is 6.54 Å². The molecule has 0 bridgehead atoms. The van der Waals surface area contributed by atoms with E-state index in [-0.39, 0.29) is 5.97 Å². The third-order valence-electron chi connectivity index (χ3n) is 4.21. The largest absolute Gasteiger partial charge is 0.465 e. The van der Waals surface area contributed by atoms with Gasteiger partial charge in [0.05, 0.1) is 13.0 Å². The molecule has 0 radical (unpaired) electrons. The molecule has 1 saturated carbocycles. The summed E-state index contributed by atoms with van der Waals surface area (Å²) in [6.45, 7) is 2.70. The third kappa shape index (κ3) is 4.62. The number of fused-ring (bicyclic) bond motifs is 1. The fourth-order valence-corrected chi connectivity index (χ4v) is 3.09. The van der Waals surface area contributed by atoms with Gasteiger partial charge in [-0.3, -0.25) is 10.1 Å². The first-order chi connectivity index (χ1) is 9.18. The minimum atomic E-state index is -0.570. The molecule has 0 aromatic rings. The minimum Gasteiger partial charge on any atom is -0.465 e. The average Bonchev–Trinajstić information content (AvgIpc) is 2.96. The van der Waals surface area contributed by atoms with Gasteiger partial charge >= 0.3 is 5.97 Å². The zero-order valence-electron chi connectivity index (χ0n) is 11.7. The van der Waals surface area contributed by atoms with E-state index in [0.29, 0.717) is 25.5 Å². The van der Waals surface area contributed by atoms with Crippen LogP contribution in [0.2, 0.25) is 0 Å². The molecule has 0 aliphatic heterocycles. The summed E-state index contributed by atoms with van der Waals surface area (Å²) in [7, 11) is 0. The second-order valence-corrected chi connectivity index (χ2v) is 5.68. The molecule has 0 aromatic carbocycles. The van der Waals surface area contributed by atoms with Gasteiger partial charge in [-0.1, -0.05) is 12.2 Å².